The van der Waals surface area contributed by atoms with Gasteiger partial charge in [0, 0.05) is 10.1 Å². The molecule has 0 N–H and O–H groups in total. The summed E-state index contributed by atoms with van der Waals surface area (Å²) in [6.07, 6.45) is 6.40. The molecule has 0 aliphatic heterocycles. The molecule has 2 aromatic rings. The van der Waals surface area contributed by atoms with E-state index in [9.17, 15) is 4.79 Å². The van der Waals surface area contributed by atoms with Gasteiger partial charge < -0.3 is 9.22 Å². The highest BCUT2D eigenvalue weighted by Gasteiger charge is 2.32. The Bertz CT molecular complexity index is 749. The average molecular weight is 381 g/mol. The van der Waals surface area contributed by atoms with Crippen LogP contribution >= 0.6 is 22.9 Å². The van der Waals surface area contributed by atoms with Gasteiger partial charge in [0.25, 0.3) is 0 Å². The van der Waals surface area contributed by atoms with Crippen LogP contribution < -0.4 is 0 Å². The number of hydrogen-bond acceptors (Lipinski definition) is 3. The third-order valence-electron chi connectivity index (χ3n) is 5.32. The molecule has 5 heteroatoms. The van der Waals surface area contributed by atoms with Crippen LogP contribution in [0.3, 0.4) is 0 Å². The van der Waals surface area contributed by atoms with Crippen LogP contribution in [0.15, 0.2) is 24.3 Å². The number of benzene rings is 1. The van der Waals surface area contributed by atoms with Crippen LogP contribution in [0.1, 0.15) is 48.7 Å². The predicted molar refractivity (Wildman–Crippen MR) is 106 cm³/mol. The van der Waals surface area contributed by atoms with Crippen LogP contribution in [-0.4, -0.2) is 43.2 Å². The predicted octanol–water partition coefficient (Wildman–Crippen LogP) is 5.51. The van der Waals surface area contributed by atoms with Gasteiger partial charge in [-0.1, -0.05) is 36.2 Å². The second kappa shape index (κ2) is 7.65. The SMILES string of the molecule is CC(C[N+](C)(C)C1CCCCC1)OC(=O)c1sc2ccccc2c1Cl. The molecule has 136 valence electrons. The average Bonchev–Trinajstić information content (AvgIpc) is 2.92. The van der Waals surface area contributed by atoms with E-state index in [2.05, 4.69) is 14.1 Å². The summed E-state index contributed by atoms with van der Waals surface area (Å²) >= 11 is 7.80. The fourth-order valence-corrected chi connectivity index (χ4v) is 5.40. The van der Waals surface area contributed by atoms with E-state index in [0.717, 1.165) is 21.1 Å². The van der Waals surface area contributed by atoms with Gasteiger partial charge in [0.1, 0.15) is 17.5 Å². The molecular weight excluding hydrogens is 354 g/mol. The first-order chi connectivity index (χ1) is 11.9. The number of halogens is 1. The number of likely N-dealkylation sites (N-methyl/N-ethyl adjacent to an activating group) is 1. The van der Waals surface area contributed by atoms with Crippen LogP contribution in [0.25, 0.3) is 10.1 Å². The lowest BCUT2D eigenvalue weighted by molar-refractivity contribution is -0.918. The van der Waals surface area contributed by atoms with Crippen molar-refractivity contribution in [1.29, 1.82) is 0 Å². The van der Waals surface area contributed by atoms with E-state index in [1.165, 1.54) is 43.4 Å². The monoisotopic (exact) mass is 380 g/mol. The molecule has 1 saturated carbocycles. The van der Waals surface area contributed by atoms with E-state index in [1.807, 2.05) is 31.2 Å². The van der Waals surface area contributed by atoms with Gasteiger partial charge in [0.05, 0.1) is 25.2 Å². The van der Waals surface area contributed by atoms with Crippen LogP contribution in [0.5, 0.6) is 0 Å². The summed E-state index contributed by atoms with van der Waals surface area (Å²) in [5, 5.41) is 1.44. The maximum absolute atomic E-state index is 12.6. The van der Waals surface area contributed by atoms with Gasteiger partial charge >= 0.3 is 5.97 Å². The lowest BCUT2D eigenvalue weighted by Gasteiger charge is -2.41. The summed E-state index contributed by atoms with van der Waals surface area (Å²) in [4.78, 5) is 13.1. The molecule has 1 fully saturated rings. The number of thiophene rings is 1. The van der Waals surface area contributed by atoms with E-state index in [0.29, 0.717) is 15.9 Å². The zero-order valence-electron chi connectivity index (χ0n) is 15.3. The van der Waals surface area contributed by atoms with Gasteiger partial charge in [-0.05, 0) is 38.7 Å². The topological polar surface area (TPSA) is 26.3 Å². The van der Waals surface area contributed by atoms with E-state index in [1.54, 1.807) is 0 Å². The number of carbonyl (C=O) groups excluding carboxylic acids is 1. The molecule has 0 spiro atoms. The molecule has 1 aromatic carbocycles. The standard InChI is InChI=1S/C20H27ClNO2S/c1-14(13-22(2,3)15-9-5-4-6-10-15)24-20(23)19-18(21)16-11-7-8-12-17(16)25-19/h7-8,11-12,14-15H,4-6,9-10,13H2,1-3H3/q+1. The summed E-state index contributed by atoms with van der Waals surface area (Å²) in [6.45, 7) is 2.82. The molecule has 3 rings (SSSR count). The Balaban J connectivity index is 1.66. The number of hydrogen-bond donors (Lipinski definition) is 0. The van der Waals surface area contributed by atoms with Gasteiger partial charge in [0.15, 0.2) is 0 Å². The van der Waals surface area contributed by atoms with Crippen molar-refractivity contribution in [2.45, 2.75) is 51.2 Å². The third kappa shape index (κ3) is 4.18. The largest absolute Gasteiger partial charge is 0.452 e. The van der Waals surface area contributed by atoms with E-state index in [4.69, 9.17) is 16.3 Å². The van der Waals surface area contributed by atoms with Gasteiger partial charge in [-0.3, -0.25) is 0 Å². The Morgan fingerprint density at radius 1 is 1.28 bits per heavy atom. The van der Waals surface area contributed by atoms with Gasteiger partial charge in [-0.2, -0.15) is 0 Å². The molecule has 1 unspecified atom stereocenters. The molecule has 1 aliphatic carbocycles. The van der Waals surface area contributed by atoms with Crippen LogP contribution in [0.4, 0.5) is 0 Å². The lowest BCUT2D eigenvalue weighted by Crippen LogP contribution is -2.53. The van der Waals surface area contributed by atoms with E-state index < -0.39 is 0 Å². The zero-order valence-corrected chi connectivity index (χ0v) is 16.8. The second-order valence-electron chi connectivity index (χ2n) is 7.71. The molecule has 0 saturated heterocycles. The Morgan fingerprint density at radius 2 is 1.96 bits per heavy atom. The third-order valence-corrected chi connectivity index (χ3v) is 6.97. The number of carbonyl (C=O) groups is 1. The number of ether oxygens (including phenoxy) is 1. The number of rotatable bonds is 5. The molecule has 0 amide bonds. The Morgan fingerprint density at radius 3 is 2.64 bits per heavy atom. The van der Waals surface area contributed by atoms with Crippen molar-refractivity contribution in [3.05, 3.63) is 34.2 Å². The van der Waals surface area contributed by atoms with Gasteiger partial charge in [-0.25, -0.2) is 4.79 Å². The van der Waals surface area contributed by atoms with Crippen LogP contribution in [-0.2, 0) is 4.74 Å². The first-order valence-electron chi connectivity index (χ1n) is 9.09. The first kappa shape index (κ1) is 18.7. The summed E-state index contributed by atoms with van der Waals surface area (Å²) < 4.78 is 7.68. The van der Waals surface area contributed by atoms with Crippen LogP contribution in [0, 0.1) is 0 Å². The smallest absolute Gasteiger partial charge is 0.350 e. The Labute approximate surface area is 159 Å². The van der Waals surface area contributed by atoms with Crippen molar-refractivity contribution in [1.82, 2.24) is 0 Å². The molecule has 0 radical (unpaired) electrons. The van der Waals surface area contributed by atoms with Crippen molar-refractivity contribution >= 4 is 39.0 Å². The van der Waals surface area contributed by atoms with Crippen molar-refractivity contribution < 1.29 is 14.0 Å². The van der Waals surface area contributed by atoms with Crippen molar-refractivity contribution in [2.75, 3.05) is 20.6 Å². The lowest BCUT2D eigenvalue weighted by atomic mass is 9.93. The second-order valence-corrected chi connectivity index (χ2v) is 9.14. The molecule has 1 atom stereocenters. The van der Waals surface area contributed by atoms with Crippen molar-refractivity contribution in [2.24, 2.45) is 0 Å². The minimum absolute atomic E-state index is 0.134. The minimum atomic E-state index is -0.303. The highest BCUT2D eigenvalue weighted by Crippen LogP contribution is 2.35. The highest BCUT2D eigenvalue weighted by atomic mass is 35.5. The minimum Gasteiger partial charge on any atom is -0.452 e. The molecule has 1 aromatic heterocycles. The molecule has 1 heterocycles. The molecule has 1 aliphatic rings. The van der Waals surface area contributed by atoms with Gasteiger partial charge in [-0.15, -0.1) is 11.3 Å². The van der Waals surface area contributed by atoms with E-state index in [-0.39, 0.29) is 12.1 Å². The highest BCUT2D eigenvalue weighted by molar-refractivity contribution is 7.21. The number of quaternary nitrogens is 1. The number of fused-ring (bicyclic) bond motifs is 1. The maximum Gasteiger partial charge on any atom is 0.350 e. The summed E-state index contributed by atoms with van der Waals surface area (Å²) in [5.41, 5.74) is 0. The quantitative estimate of drug-likeness (QED) is 0.505. The maximum atomic E-state index is 12.6. The van der Waals surface area contributed by atoms with Gasteiger partial charge in [0.2, 0.25) is 0 Å². The molecule has 0 bridgehead atoms. The number of esters is 1. The Kier molecular flexibility index (Phi) is 5.71. The van der Waals surface area contributed by atoms with Crippen LogP contribution in [0.2, 0.25) is 5.02 Å². The summed E-state index contributed by atoms with van der Waals surface area (Å²) in [5.74, 6) is -0.303. The molecule has 25 heavy (non-hydrogen) atoms. The zero-order chi connectivity index (χ0) is 18.0. The summed E-state index contributed by atoms with van der Waals surface area (Å²) in [6, 6.07) is 8.48. The molecular formula is C20H27ClNO2S+. The fourth-order valence-electron chi connectivity index (χ4n) is 4.01. The van der Waals surface area contributed by atoms with E-state index >= 15 is 0 Å². The summed E-state index contributed by atoms with van der Waals surface area (Å²) in [7, 11) is 4.51. The molecule has 3 nitrogen and oxygen atoms in total. The first-order valence-corrected chi connectivity index (χ1v) is 10.3. The fraction of sp³-hybridized carbons (Fsp3) is 0.550. The Hall–Kier alpha value is -1.10. The van der Waals surface area contributed by atoms with Crippen molar-refractivity contribution in [3.63, 3.8) is 0 Å². The number of nitrogens with zero attached hydrogens (tertiary/aromatic N) is 1. The van der Waals surface area contributed by atoms with Crippen molar-refractivity contribution in [3.8, 4) is 0 Å². The normalized spacial score (nSPS) is 17.6.